The Hall–Kier alpha value is -0.870. The van der Waals surface area contributed by atoms with Crippen LogP contribution in [0.4, 0.5) is 0 Å². The van der Waals surface area contributed by atoms with Gasteiger partial charge in [0.2, 0.25) is 0 Å². The molecule has 1 aromatic heterocycles. The molecule has 4 heteroatoms. The number of rotatable bonds is 2. The maximum Gasteiger partial charge on any atom is 0.198 e. The molecule has 0 bridgehead atoms. The topological polar surface area (TPSA) is 47.3 Å². The largest absolute Gasteiger partial charge is 0.445 e. The Labute approximate surface area is 102 Å². The summed E-state index contributed by atoms with van der Waals surface area (Å²) in [4.78, 5) is 4.47. The van der Waals surface area contributed by atoms with Gasteiger partial charge in [0, 0.05) is 19.1 Å². The van der Waals surface area contributed by atoms with Gasteiger partial charge in [-0.2, -0.15) is 0 Å². The van der Waals surface area contributed by atoms with Crippen molar-refractivity contribution in [2.45, 2.75) is 37.5 Å². The highest BCUT2D eigenvalue weighted by atomic mass is 16.5. The summed E-state index contributed by atoms with van der Waals surface area (Å²) in [6, 6.07) is 0. The molecule has 1 aromatic rings. The van der Waals surface area contributed by atoms with Crippen molar-refractivity contribution in [3.8, 4) is 0 Å². The normalized spacial score (nSPS) is 34.1. The lowest BCUT2D eigenvalue weighted by Crippen LogP contribution is -2.28. The van der Waals surface area contributed by atoms with Gasteiger partial charge in [-0.25, -0.2) is 4.98 Å². The fraction of sp³-hybridized carbons (Fsp3) is 0.769. The van der Waals surface area contributed by atoms with Crippen molar-refractivity contribution in [1.29, 1.82) is 0 Å². The highest BCUT2D eigenvalue weighted by Crippen LogP contribution is 2.34. The van der Waals surface area contributed by atoms with Crippen molar-refractivity contribution >= 4 is 0 Å². The fourth-order valence-corrected chi connectivity index (χ4v) is 2.68. The molecular weight excluding hydrogens is 216 g/mol. The molecule has 2 aliphatic rings. The summed E-state index contributed by atoms with van der Waals surface area (Å²) in [5.41, 5.74) is 0.0351. The van der Waals surface area contributed by atoms with Crippen LogP contribution in [-0.4, -0.2) is 31.3 Å². The maximum absolute atomic E-state index is 5.98. The van der Waals surface area contributed by atoms with Crippen LogP contribution in [0.15, 0.2) is 10.6 Å². The second kappa shape index (κ2) is 4.42. The van der Waals surface area contributed by atoms with E-state index >= 15 is 0 Å². The molecule has 0 saturated carbocycles. The van der Waals surface area contributed by atoms with Crippen molar-refractivity contribution in [1.82, 2.24) is 10.3 Å². The van der Waals surface area contributed by atoms with Gasteiger partial charge in [-0.05, 0) is 25.8 Å². The average Bonchev–Trinajstić information content (AvgIpc) is 2.99. The predicted octanol–water partition coefficient (Wildman–Crippen LogP) is 1.82. The van der Waals surface area contributed by atoms with Gasteiger partial charge < -0.3 is 14.5 Å². The molecular formula is C13H20N2O2. The molecule has 2 aliphatic heterocycles. The second-order valence-electron chi connectivity index (χ2n) is 5.47. The van der Waals surface area contributed by atoms with E-state index in [9.17, 15) is 0 Å². The molecule has 2 saturated heterocycles. The molecule has 94 valence electrons. The van der Waals surface area contributed by atoms with Gasteiger partial charge in [0.15, 0.2) is 5.89 Å². The number of ether oxygens (including phenoxy) is 1. The minimum Gasteiger partial charge on any atom is -0.445 e. The molecule has 4 nitrogen and oxygen atoms in total. The van der Waals surface area contributed by atoms with Gasteiger partial charge in [-0.15, -0.1) is 0 Å². The van der Waals surface area contributed by atoms with Crippen molar-refractivity contribution in [2.75, 3.05) is 26.3 Å². The third kappa shape index (κ3) is 2.11. The summed E-state index contributed by atoms with van der Waals surface area (Å²) in [7, 11) is 0. The predicted molar refractivity (Wildman–Crippen MR) is 64.1 cm³/mol. The molecule has 3 heterocycles. The maximum atomic E-state index is 5.98. The van der Waals surface area contributed by atoms with E-state index < -0.39 is 0 Å². The minimum atomic E-state index is 0.0351. The van der Waals surface area contributed by atoms with E-state index in [1.54, 1.807) is 0 Å². The molecule has 2 unspecified atom stereocenters. The summed E-state index contributed by atoms with van der Waals surface area (Å²) >= 11 is 0. The van der Waals surface area contributed by atoms with Crippen LogP contribution in [-0.2, 0) is 10.2 Å². The fourth-order valence-electron chi connectivity index (χ4n) is 2.68. The lowest BCUT2D eigenvalue weighted by Gasteiger charge is -2.21. The minimum absolute atomic E-state index is 0.0351. The molecule has 0 spiro atoms. The monoisotopic (exact) mass is 236 g/mol. The SMILES string of the molecule is CC1(c2cnc(C3CCCNC3)o2)CCOC1. The van der Waals surface area contributed by atoms with Crippen molar-refractivity contribution in [2.24, 2.45) is 0 Å². The van der Waals surface area contributed by atoms with E-state index in [4.69, 9.17) is 9.15 Å². The Kier molecular flexibility index (Phi) is 2.92. The van der Waals surface area contributed by atoms with Gasteiger partial charge in [0.1, 0.15) is 5.76 Å². The Balaban J connectivity index is 1.77. The third-order valence-electron chi connectivity index (χ3n) is 3.98. The zero-order valence-electron chi connectivity index (χ0n) is 10.4. The number of oxazole rings is 1. The van der Waals surface area contributed by atoms with Crippen LogP contribution in [0.2, 0.25) is 0 Å². The van der Waals surface area contributed by atoms with Gasteiger partial charge in [-0.1, -0.05) is 6.92 Å². The van der Waals surface area contributed by atoms with Gasteiger partial charge in [0.05, 0.1) is 18.2 Å². The Morgan fingerprint density at radius 3 is 3.18 bits per heavy atom. The lowest BCUT2D eigenvalue weighted by atomic mass is 9.88. The van der Waals surface area contributed by atoms with E-state index in [1.165, 1.54) is 12.8 Å². The Morgan fingerprint density at radius 2 is 2.47 bits per heavy atom. The molecule has 0 aromatic carbocycles. The summed E-state index contributed by atoms with van der Waals surface area (Å²) in [5, 5.41) is 3.40. The summed E-state index contributed by atoms with van der Waals surface area (Å²) in [6.45, 7) is 5.90. The lowest BCUT2D eigenvalue weighted by molar-refractivity contribution is 0.173. The highest BCUT2D eigenvalue weighted by Gasteiger charge is 2.36. The van der Waals surface area contributed by atoms with Crippen molar-refractivity contribution < 1.29 is 9.15 Å². The van der Waals surface area contributed by atoms with Crippen LogP contribution in [0.25, 0.3) is 0 Å². The smallest absolute Gasteiger partial charge is 0.198 e. The van der Waals surface area contributed by atoms with Gasteiger partial charge >= 0.3 is 0 Å². The first-order chi connectivity index (χ1) is 8.28. The highest BCUT2D eigenvalue weighted by molar-refractivity contribution is 5.13. The van der Waals surface area contributed by atoms with E-state index in [0.717, 1.165) is 44.4 Å². The quantitative estimate of drug-likeness (QED) is 0.851. The molecule has 1 N–H and O–H groups in total. The Bertz CT molecular complexity index is 377. The number of nitrogens with zero attached hydrogens (tertiary/aromatic N) is 1. The van der Waals surface area contributed by atoms with E-state index in [2.05, 4.69) is 17.2 Å². The van der Waals surface area contributed by atoms with E-state index in [0.29, 0.717) is 5.92 Å². The van der Waals surface area contributed by atoms with Gasteiger partial charge in [0.25, 0.3) is 0 Å². The van der Waals surface area contributed by atoms with Crippen LogP contribution >= 0.6 is 0 Å². The Morgan fingerprint density at radius 1 is 1.53 bits per heavy atom. The standard InChI is InChI=1S/C13H20N2O2/c1-13(4-6-16-9-13)11-8-15-12(17-11)10-3-2-5-14-7-10/h8,10,14H,2-7,9H2,1H3. The van der Waals surface area contributed by atoms with Crippen LogP contribution in [0.3, 0.4) is 0 Å². The van der Waals surface area contributed by atoms with E-state index in [-0.39, 0.29) is 5.41 Å². The average molecular weight is 236 g/mol. The van der Waals surface area contributed by atoms with Crippen molar-refractivity contribution in [3.63, 3.8) is 0 Å². The number of aromatic nitrogens is 1. The molecule has 0 radical (unpaired) electrons. The summed E-state index contributed by atoms with van der Waals surface area (Å²) < 4.78 is 11.4. The summed E-state index contributed by atoms with van der Waals surface area (Å²) in [6.07, 6.45) is 5.33. The third-order valence-corrected chi connectivity index (χ3v) is 3.98. The molecule has 2 fully saturated rings. The first-order valence-corrected chi connectivity index (χ1v) is 6.53. The zero-order valence-corrected chi connectivity index (χ0v) is 10.4. The van der Waals surface area contributed by atoms with Crippen LogP contribution < -0.4 is 5.32 Å². The summed E-state index contributed by atoms with van der Waals surface area (Å²) in [5.74, 6) is 2.35. The second-order valence-corrected chi connectivity index (χ2v) is 5.47. The molecule has 2 atom stereocenters. The number of piperidine rings is 1. The van der Waals surface area contributed by atoms with Crippen LogP contribution in [0.1, 0.15) is 43.8 Å². The van der Waals surface area contributed by atoms with Crippen LogP contribution in [0, 0.1) is 0 Å². The number of hydrogen-bond acceptors (Lipinski definition) is 4. The molecule has 0 aliphatic carbocycles. The first-order valence-electron chi connectivity index (χ1n) is 6.53. The first kappa shape index (κ1) is 11.2. The van der Waals surface area contributed by atoms with E-state index in [1.807, 2.05) is 6.20 Å². The molecule has 17 heavy (non-hydrogen) atoms. The van der Waals surface area contributed by atoms with Crippen molar-refractivity contribution in [3.05, 3.63) is 17.8 Å². The number of nitrogens with one attached hydrogen (secondary N) is 1. The zero-order chi connectivity index (χ0) is 11.7. The van der Waals surface area contributed by atoms with Gasteiger partial charge in [-0.3, -0.25) is 0 Å². The van der Waals surface area contributed by atoms with Crippen LogP contribution in [0.5, 0.6) is 0 Å². The molecule has 0 amide bonds. The molecule has 3 rings (SSSR count). The number of hydrogen-bond donors (Lipinski definition) is 1.